The summed E-state index contributed by atoms with van der Waals surface area (Å²) in [5.41, 5.74) is 0.968. The second-order valence-electron chi connectivity index (χ2n) is 7.60. The van der Waals surface area contributed by atoms with Crippen LogP contribution in [0.5, 0.6) is 5.75 Å². The monoisotopic (exact) mass is 423 g/mol. The van der Waals surface area contributed by atoms with Crippen LogP contribution in [0.2, 0.25) is 0 Å². The highest BCUT2D eigenvalue weighted by Crippen LogP contribution is 2.36. The topological polar surface area (TPSA) is 56.0 Å². The van der Waals surface area contributed by atoms with Crippen molar-refractivity contribution in [3.63, 3.8) is 0 Å². The van der Waals surface area contributed by atoms with E-state index in [1.165, 1.54) is 4.57 Å². The first-order valence-corrected chi connectivity index (χ1v) is 9.56. The number of halogens is 1. The maximum Gasteiger partial charge on any atom is 0.336 e. The zero-order valence-corrected chi connectivity index (χ0v) is 17.8. The maximum atomic E-state index is 13.5. The number of aromatic nitrogens is 2. The van der Waals surface area contributed by atoms with Gasteiger partial charge in [-0.3, -0.25) is 13.8 Å². The van der Waals surface area contributed by atoms with Crippen molar-refractivity contribution in [2.75, 3.05) is 27.7 Å². The van der Waals surface area contributed by atoms with Gasteiger partial charge in [-0.15, -0.1) is 12.4 Å². The Labute approximate surface area is 178 Å². The van der Waals surface area contributed by atoms with Crippen LogP contribution in [0.15, 0.2) is 58.1 Å². The normalized spacial score (nSPS) is 11.7. The summed E-state index contributed by atoms with van der Waals surface area (Å²) in [6.07, 6.45) is 0. The molecule has 0 radical (unpaired) electrons. The molecular weight excluding hydrogens is 402 g/mol. The van der Waals surface area contributed by atoms with Crippen molar-refractivity contribution in [2.45, 2.75) is 6.54 Å². The maximum absolute atomic E-state index is 13.5. The predicted molar refractivity (Wildman–Crippen MR) is 124 cm³/mol. The number of para-hydroxylation sites is 1. The first-order chi connectivity index (χ1) is 14.0. The lowest BCUT2D eigenvalue weighted by atomic mass is 10.0. The Kier molecular flexibility index (Phi) is 4.92. The molecule has 3 aromatic carbocycles. The predicted octanol–water partition coefficient (Wildman–Crippen LogP) is 3.35. The minimum absolute atomic E-state index is 0. The van der Waals surface area contributed by atoms with Crippen LogP contribution in [0.3, 0.4) is 0 Å². The molecule has 5 aromatic rings. The molecule has 0 aliphatic carbocycles. The lowest BCUT2D eigenvalue weighted by molar-refractivity contribution is 0.376. The third kappa shape index (κ3) is 2.68. The highest BCUT2D eigenvalue weighted by Gasteiger charge is 2.20. The third-order valence-electron chi connectivity index (χ3n) is 5.65. The summed E-state index contributed by atoms with van der Waals surface area (Å²) in [6, 6.07) is 15.5. The molecule has 0 N–H and O–H groups in total. The summed E-state index contributed by atoms with van der Waals surface area (Å²) in [5.74, 6) is 0.756. The van der Waals surface area contributed by atoms with Gasteiger partial charge in [-0.05, 0) is 32.3 Å². The fourth-order valence-electron chi connectivity index (χ4n) is 4.28. The average Bonchev–Trinajstić information content (AvgIpc) is 3.07. The van der Waals surface area contributed by atoms with E-state index in [0.717, 1.165) is 32.8 Å². The van der Waals surface area contributed by atoms with Crippen molar-refractivity contribution in [3.8, 4) is 5.75 Å². The van der Waals surface area contributed by atoms with Crippen molar-refractivity contribution >= 4 is 50.4 Å². The van der Waals surface area contributed by atoms with Gasteiger partial charge in [0.05, 0.1) is 23.5 Å². The van der Waals surface area contributed by atoms with E-state index in [1.54, 1.807) is 17.6 Å². The van der Waals surface area contributed by atoms with E-state index in [4.69, 9.17) is 4.74 Å². The Hall–Kier alpha value is -3.09. The van der Waals surface area contributed by atoms with Crippen molar-refractivity contribution < 1.29 is 4.74 Å². The van der Waals surface area contributed by atoms with E-state index in [1.807, 2.05) is 61.5 Å². The number of likely N-dealkylation sites (N-methyl/N-ethyl adjacent to an activating group) is 1. The number of benzene rings is 3. The molecule has 7 heteroatoms. The van der Waals surface area contributed by atoms with E-state index in [0.29, 0.717) is 24.0 Å². The molecule has 0 saturated carbocycles. The highest BCUT2D eigenvalue weighted by molar-refractivity contribution is 6.21. The van der Waals surface area contributed by atoms with Gasteiger partial charge in [-0.1, -0.05) is 30.3 Å². The van der Waals surface area contributed by atoms with Crippen LogP contribution >= 0.6 is 12.4 Å². The largest absolute Gasteiger partial charge is 0.496 e. The second-order valence-corrected chi connectivity index (χ2v) is 7.60. The molecule has 0 aliphatic heterocycles. The molecular formula is C23H22ClN3O3. The van der Waals surface area contributed by atoms with Crippen molar-refractivity contribution in [1.29, 1.82) is 0 Å². The van der Waals surface area contributed by atoms with Crippen molar-refractivity contribution in [1.82, 2.24) is 13.9 Å². The number of nitrogens with zero attached hydrogens (tertiary/aromatic N) is 3. The van der Waals surface area contributed by atoms with E-state index < -0.39 is 0 Å². The van der Waals surface area contributed by atoms with Crippen LogP contribution in [0.25, 0.3) is 38.0 Å². The van der Waals surface area contributed by atoms with Gasteiger partial charge in [0.15, 0.2) is 0 Å². The summed E-state index contributed by atoms with van der Waals surface area (Å²) < 4.78 is 8.58. The van der Waals surface area contributed by atoms with Gasteiger partial charge in [0.1, 0.15) is 5.75 Å². The number of fused-ring (bicyclic) bond motifs is 5. The second kappa shape index (κ2) is 7.31. The lowest BCUT2D eigenvalue weighted by Gasteiger charge is -2.12. The molecule has 2 heterocycles. The molecule has 30 heavy (non-hydrogen) atoms. The SMILES string of the molecule is COc1cccc2c1ccc1c3cccc4c(=O)n(CCN(C)C)c(=O)n(c43)c21.Cl. The fraction of sp³-hybridized carbons (Fsp3) is 0.217. The van der Waals surface area contributed by atoms with Crippen LogP contribution in [0.1, 0.15) is 0 Å². The van der Waals surface area contributed by atoms with Gasteiger partial charge in [-0.25, -0.2) is 4.79 Å². The molecule has 0 unspecified atom stereocenters. The number of hydrogen-bond donors (Lipinski definition) is 0. The Bertz CT molecular complexity index is 1520. The smallest absolute Gasteiger partial charge is 0.336 e. The molecule has 2 aromatic heterocycles. The first kappa shape index (κ1) is 20.2. The minimum atomic E-state index is -0.300. The van der Waals surface area contributed by atoms with E-state index in [9.17, 15) is 9.59 Å². The summed E-state index contributed by atoms with van der Waals surface area (Å²) >= 11 is 0. The molecule has 0 spiro atoms. The lowest BCUT2D eigenvalue weighted by Crippen LogP contribution is -2.39. The summed E-state index contributed by atoms with van der Waals surface area (Å²) in [5, 5.41) is 4.30. The van der Waals surface area contributed by atoms with E-state index in [2.05, 4.69) is 0 Å². The van der Waals surface area contributed by atoms with Crippen molar-refractivity contribution in [2.24, 2.45) is 0 Å². The zero-order chi connectivity index (χ0) is 20.3. The molecule has 0 amide bonds. The molecule has 5 rings (SSSR count). The zero-order valence-electron chi connectivity index (χ0n) is 17.0. The number of rotatable bonds is 4. The summed E-state index contributed by atoms with van der Waals surface area (Å²) in [4.78, 5) is 28.6. The van der Waals surface area contributed by atoms with E-state index in [-0.39, 0.29) is 23.7 Å². The van der Waals surface area contributed by atoms with Gasteiger partial charge in [-0.2, -0.15) is 0 Å². The van der Waals surface area contributed by atoms with Crippen LogP contribution in [0, 0.1) is 0 Å². The third-order valence-corrected chi connectivity index (χ3v) is 5.65. The molecule has 154 valence electrons. The summed E-state index contributed by atoms with van der Waals surface area (Å²) in [6.45, 7) is 0.949. The quantitative estimate of drug-likeness (QED) is 0.445. The summed E-state index contributed by atoms with van der Waals surface area (Å²) in [7, 11) is 5.49. The first-order valence-electron chi connectivity index (χ1n) is 9.56. The standard InChI is InChI=1S/C23H21N3O3.ClH/c1-24(2)12-13-25-22(27)18-8-4-6-16-17-11-10-14-15(7-5-9-19(14)29-3)20(17)26(21(16)18)23(25)28;/h4-11H,12-13H2,1-3H3;1H. The number of ether oxygens (including phenoxy) is 1. The Balaban J connectivity index is 0.00000218. The van der Waals surface area contributed by atoms with Gasteiger partial charge < -0.3 is 9.64 Å². The van der Waals surface area contributed by atoms with Crippen LogP contribution < -0.4 is 16.0 Å². The Morgan fingerprint density at radius 1 is 0.833 bits per heavy atom. The van der Waals surface area contributed by atoms with Gasteiger partial charge in [0.2, 0.25) is 0 Å². The van der Waals surface area contributed by atoms with Gasteiger partial charge in [0, 0.05) is 34.6 Å². The van der Waals surface area contributed by atoms with Crippen LogP contribution in [-0.4, -0.2) is 41.6 Å². The highest BCUT2D eigenvalue weighted by atomic mass is 35.5. The molecule has 6 nitrogen and oxygen atoms in total. The fourth-order valence-corrected chi connectivity index (χ4v) is 4.28. The molecule has 0 aliphatic rings. The van der Waals surface area contributed by atoms with Crippen LogP contribution in [-0.2, 0) is 6.54 Å². The van der Waals surface area contributed by atoms with Crippen LogP contribution in [0.4, 0.5) is 0 Å². The average molecular weight is 424 g/mol. The Morgan fingerprint density at radius 3 is 2.10 bits per heavy atom. The Morgan fingerprint density at radius 2 is 1.40 bits per heavy atom. The van der Waals surface area contributed by atoms with Gasteiger partial charge in [0.25, 0.3) is 5.56 Å². The van der Waals surface area contributed by atoms with Gasteiger partial charge >= 0.3 is 5.69 Å². The molecule has 0 fully saturated rings. The molecule has 0 saturated heterocycles. The van der Waals surface area contributed by atoms with Crippen molar-refractivity contribution in [3.05, 3.63) is 69.4 Å². The number of hydrogen-bond acceptors (Lipinski definition) is 4. The number of methoxy groups -OCH3 is 1. The van der Waals surface area contributed by atoms with E-state index >= 15 is 0 Å². The molecule has 0 bridgehead atoms. The minimum Gasteiger partial charge on any atom is -0.496 e. The molecule has 0 atom stereocenters.